The van der Waals surface area contributed by atoms with Crippen LogP contribution in [-0.2, 0) is 11.4 Å². The van der Waals surface area contributed by atoms with Crippen LogP contribution in [0.3, 0.4) is 0 Å². The summed E-state index contributed by atoms with van der Waals surface area (Å²) in [6.07, 6.45) is 0.442. The van der Waals surface area contributed by atoms with Gasteiger partial charge in [0.2, 0.25) is 5.91 Å². The third kappa shape index (κ3) is 4.62. The van der Waals surface area contributed by atoms with E-state index in [0.29, 0.717) is 28.0 Å². The standard InChI is InChI=1S/C15H14Cl2N2O2/c1-2-15(20)18-10-3-5-11(6-4-10)21-9-13-12(16)7-8-14(17)19-13/h3-8H,2,9H2,1H3,(H,18,20). The average molecular weight is 325 g/mol. The predicted octanol–water partition coefficient (Wildman–Crippen LogP) is 4.32. The zero-order valence-corrected chi connectivity index (χ0v) is 12.9. The fourth-order valence-corrected chi connectivity index (χ4v) is 1.92. The number of nitrogens with one attached hydrogen (secondary N) is 1. The molecular weight excluding hydrogens is 311 g/mol. The van der Waals surface area contributed by atoms with Crippen molar-refractivity contribution < 1.29 is 9.53 Å². The van der Waals surface area contributed by atoms with Crippen LogP contribution in [0, 0.1) is 0 Å². The monoisotopic (exact) mass is 324 g/mol. The minimum Gasteiger partial charge on any atom is -0.487 e. The van der Waals surface area contributed by atoms with E-state index in [9.17, 15) is 4.79 Å². The molecule has 0 saturated carbocycles. The van der Waals surface area contributed by atoms with Crippen molar-refractivity contribution in [3.8, 4) is 5.75 Å². The van der Waals surface area contributed by atoms with Crippen molar-refractivity contribution >= 4 is 34.8 Å². The molecule has 0 radical (unpaired) electrons. The molecule has 6 heteroatoms. The van der Waals surface area contributed by atoms with E-state index in [2.05, 4.69) is 10.3 Å². The maximum Gasteiger partial charge on any atom is 0.224 e. The molecule has 110 valence electrons. The van der Waals surface area contributed by atoms with Gasteiger partial charge in [-0.05, 0) is 36.4 Å². The highest BCUT2D eigenvalue weighted by Gasteiger charge is 2.05. The number of aromatic nitrogens is 1. The summed E-state index contributed by atoms with van der Waals surface area (Å²) >= 11 is 11.8. The van der Waals surface area contributed by atoms with Crippen molar-refractivity contribution in [2.45, 2.75) is 20.0 Å². The number of amides is 1. The molecule has 21 heavy (non-hydrogen) atoms. The summed E-state index contributed by atoms with van der Waals surface area (Å²) in [6.45, 7) is 2.02. The third-order valence-electron chi connectivity index (χ3n) is 2.72. The van der Waals surface area contributed by atoms with Gasteiger partial charge in [-0.15, -0.1) is 0 Å². The number of rotatable bonds is 5. The van der Waals surface area contributed by atoms with Gasteiger partial charge in [0.25, 0.3) is 0 Å². The fourth-order valence-electron chi connectivity index (χ4n) is 1.59. The summed E-state index contributed by atoms with van der Waals surface area (Å²) in [4.78, 5) is 15.4. The topological polar surface area (TPSA) is 51.2 Å². The summed E-state index contributed by atoms with van der Waals surface area (Å²) in [7, 11) is 0. The van der Waals surface area contributed by atoms with Crippen molar-refractivity contribution in [2.75, 3.05) is 5.32 Å². The predicted molar refractivity (Wildman–Crippen MR) is 84.0 cm³/mol. The van der Waals surface area contributed by atoms with E-state index >= 15 is 0 Å². The minimum absolute atomic E-state index is 0.0291. The van der Waals surface area contributed by atoms with Crippen molar-refractivity contribution in [3.05, 3.63) is 52.3 Å². The van der Waals surface area contributed by atoms with Gasteiger partial charge in [-0.3, -0.25) is 4.79 Å². The zero-order valence-electron chi connectivity index (χ0n) is 11.4. The van der Waals surface area contributed by atoms with E-state index < -0.39 is 0 Å². The summed E-state index contributed by atoms with van der Waals surface area (Å²) in [5, 5.41) is 3.64. The Balaban J connectivity index is 1.97. The van der Waals surface area contributed by atoms with Gasteiger partial charge in [-0.2, -0.15) is 0 Å². The molecule has 1 aromatic heterocycles. The molecule has 0 spiro atoms. The van der Waals surface area contributed by atoms with Crippen molar-refractivity contribution in [3.63, 3.8) is 0 Å². The first kappa shape index (κ1) is 15.6. The lowest BCUT2D eigenvalue weighted by atomic mass is 10.3. The van der Waals surface area contributed by atoms with Crippen LogP contribution in [0.1, 0.15) is 19.0 Å². The molecule has 0 unspecified atom stereocenters. The molecule has 0 saturated heterocycles. The maximum absolute atomic E-state index is 11.3. The van der Waals surface area contributed by atoms with Gasteiger partial charge in [0, 0.05) is 12.1 Å². The molecule has 0 bridgehead atoms. The zero-order chi connectivity index (χ0) is 15.2. The highest BCUT2D eigenvalue weighted by molar-refractivity contribution is 6.32. The van der Waals surface area contributed by atoms with Crippen LogP contribution in [-0.4, -0.2) is 10.9 Å². The molecule has 0 aliphatic rings. The number of benzene rings is 1. The first-order valence-electron chi connectivity index (χ1n) is 6.42. The Hall–Kier alpha value is -1.78. The van der Waals surface area contributed by atoms with Crippen LogP contribution in [0.5, 0.6) is 5.75 Å². The molecule has 0 atom stereocenters. The van der Waals surface area contributed by atoms with E-state index in [0.717, 1.165) is 5.69 Å². The quantitative estimate of drug-likeness (QED) is 0.833. The van der Waals surface area contributed by atoms with E-state index in [1.807, 2.05) is 0 Å². The fraction of sp³-hybridized carbons (Fsp3) is 0.200. The number of hydrogen-bond donors (Lipinski definition) is 1. The lowest BCUT2D eigenvalue weighted by Gasteiger charge is -2.09. The number of hydrogen-bond acceptors (Lipinski definition) is 3. The van der Waals surface area contributed by atoms with Gasteiger partial charge >= 0.3 is 0 Å². The summed E-state index contributed by atoms with van der Waals surface area (Å²) in [5.74, 6) is 0.626. The number of carbonyl (C=O) groups is 1. The Morgan fingerprint density at radius 1 is 1.19 bits per heavy atom. The average Bonchev–Trinajstić information content (AvgIpc) is 2.49. The molecule has 4 nitrogen and oxygen atoms in total. The first-order chi connectivity index (χ1) is 10.1. The first-order valence-corrected chi connectivity index (χ1v) is 7.17. The molecule has 2 aromatic rings. The van der Waals surface area contributed by atoms with E-state index in [-0.39, 0.29) is 12.5 Å². The van der Waals surface area contributed by atoms with E-state index in [4.69, 9.17) is 27.9 Å². The van der Waals surface area contributed by atoms with Gasteiger partial charge in [0.05, 0.1) is 10.7 Å². The van der Waals surface area contributed by atoms with Crippen molar-refractivity contribution in [2.24, 2.45) is 0 Å². The smallest absolute Gasteiger partial charge is 0.224 e. The highest BCUT2D eigenvalue weighted by Crippen LogP contribution is 2.20. The summed E-state index contributed by atoms with van der Waals surface area (Å²) in [6, 6.07) is 10.4. The normalized spacial score (nSPS) is 10.2. The number of pyridine rings is 1. The second-order valence-corrected chi connectivity index (χ2v) is 5.07. The van der Waals surface area contributed by atoms with Crippen LogP contribution in [0.25, 0.3) is 0 Å². The number of carbonyl (C=O) groups excluding carboxylic acids is 1. The molecule has 1 amide bonds. The van der Waals surface area contributed by atoms with Gasteiger partial charge in [-0.1, -0.05) is 30.1 Å². The lowest BCUT2D eigenvalue weighted by Crippen LogP contribution is -2.09. The SMILES string of the molecule is CCC(=O)Nc1ccc(OCc2nc(Cl)ccc2Cl)cc1. The second kappa shape index (κ2) is 7.29. The lowest BCUT2D eigenvalue weighted by molar-refractivity contribution is -0.115. The largest absolute Gasteiger partial charge is 0.487 e. The molecule has 0 aliphatic heterocycles. The van der Waals surface area contributed by atoms with Crippen LogP contribution in [0.2, 0.25) is 10.2 Å². The number of nitrogens with zero attached hydrogens (tertiary/aromatic N) is 1. The second-order valence-electron chi connectivity index (χ2n) is 4.28. The molecular formula is C15H14Cl2N2O2. The Labute approximate surface area is 133 Å². The van der Waals surface area contributed by atoms with Crippen molar-refractivity contribution in [1.29, 1.82) is 0 Å². The van der Waals surface area contributed by atoms with Gasteiger partial charge in [0.15, 0.2) is 0 Å². The Kier molecular flexibility index (Phi) is 5.42. The highest BCUT2D eigenvalue weighted by atomic mass is 35.5. The Morgan fingerprint density at radius 2 is 1.90 bits per heavy atom. The van der Waals surface area contributed by atoms with Crippen LogP contribution >= 0.6 is 23.2 Å². The van der Waals surface area contributed by atoms with Gasteiger partial charge in [0.1, 0.15) is 17.5 Å². The third-order valence-corrected chi connectivity index (χ3v) is 3.27. The minimum atomic E-state index is -0.0291. The van der Waals surface area contributed by atoms with Crippen LogP contribution in [0.15, 0.2) is 36.4 Å². The van der Waals surface area contributed by atoms with Gasteiger partial charge < -0.3 is 10.1 Å². The Bertz CT molecular complexity index is 630. The van der Waals surface area contributed by atoms with Gasteiger partial charge in [-0.25, -0.2) is 4.98 Å². The van der Waals surface area contributed by atoms with E-state index in [1.54, 1.807) is 43.3 Å². The molecule has 1 aromatic carbocycles. The van der Waals surface area contributed by atoms with Crippen LogP contribution in [0.4, 0.5) is 5.69 Å². The molecule has 1 N–H and O–H groups in total. The van der Waals surface area contributed by atoms with Crippen molar-refractivity contribution in [1.82, 2.24) is 4.98 Å². The molecule has 0 fully saturated rings. The molecule has 2 rings (SSSR count). The number of halogens is 2. The Morgan fingerprint density at radius 3 is 2.57 bits per heavy atom. The number of ether oxygens (including phenoxy) is 1. The summed E-state index contributed by atoms with van der Waals surface area (Å²) in [5.41, 5.74) is 1.31. The maximum atomic E-state index is 11.3. The number of anilines is 1. The van der Waals surface area contributed by atoms with E-state index in [1.165, 1.54) is 0 Å². The molecule has 1 heterocycles. The van der Waals surface area contributed by atoms with Crippen LogP contribution < -0.4 is 10.1 Å². The summed E-state index contributed by atoms with van der Waals surface area (Å²) < 4.78 is 5.60. The molecule has 0 aliphatic carbocycles.